The first kappa shape index (κ1) is 17.9. The van der Waals surface area contributed by atoms with E-state index in [1.54, 1.807) is 12.1 Å². The van der Waals surface area contributed by atoms with E-state index in [9.17, 15) is 8.42 Å². The van der Waals surface area contributed by atoms with Crippen molar-refractivity contribution >= 4 is 27.6 Å². The van der Waals surface area contributed by atoms with Crippen LogP contribution in [0.2, 0.25) is 0 Å². The first-order valence-corrected chi connectivity index (χ1v) is 9.41. The van der Waals surface area contributed by atoms with Crippen LogP contribution in [0.5, 0.6) is 0 Å². The first-order chi connectivity index (χ1) is 12.4. The Morgan fingerprint density at radius 1 is 0.962 bits per heavy atom. The maximum atomic E-state index is 12.9. The molecule has 0 unspecified atom stereocenters. The average Bonchev–Trinajstić information content (AvgIpc) is 2.61. The van der Waals surface area contributed by atoms with Crippen LogP contribution in [-0.2, 0) is 23.0 Å². The molecular weight excluding hydrogens is 352 g/mol. The monoisotopic (exact) mass is 372 g/mol. The maximum Gasteiger partial charge on any atom is 0.243 e. The number of aliphatic imine (C=N–C) groups is 2. The smallest absolute Gasteiger partial charge is 0.243 e. The van der Waals surface area contributed by atoms with E-state index in [1.807, 2.05) is 24.3 Å². The third-order valence-electron chi connectivity index (χ3n) is 4.06. The zero-order valence-electron chi connectivity index (χ0n) is 14.0. The van der Waals surface area contributed by atoms with Crippen LogP contribution in [0.25, 0.3) is 0 Å². The molecular formula is C17H20N6O2S. The van der Waals surface area contributed by atoms with Crippen LogP contribution in [0.1, 0.15) is 11.1 Å². The molecule has 2 aromatic rings. The predicted molar refractivity (Wildman–Crippen MR) is 101 cm³/mol. The van der Waals surface area contributed by atoms with Gasteiger partial charge in [0.05, 0.1) is 10.6 Å². The highest BCUT2D eigenvalue weighted by molar-refractivity contribution is 7.89. The molecule has 6 N–H and O–H groups in total. The van der Waals surface area contributed by atoms with Gasteiger partial charge in [0.1, 0.15) is 0 Å². The van der Waals surface area contributed by atoms with Gasteiger partial charge < -0.3 is 17.2 Å². The van der Waals surface area contributed by atoms with Crippen molar-refractivity contribution in [3.63, 3.8) is 0 Å². The molecule has 26 heavy (non-hydrogen) atoms. The molecule has 3 rings (SSSR count). The molecule has 1 aliphatic rings. The lowest BCUT2D eigenvalue weighted by molar-refractivity contribution is 0.391. The zero-order valence-corrected chi connectivity index (χ0v) is 14.9. The zero-order chi connectivity index (χ0) is 18.7. The van der Waals surface area contributed by atoms with Gasteiger partial charge in [-0.3, -0.25) is 0 Å². The molecule has 2 aromatic carbocycles. The molecule has 0 amide bonds. The van der Waals surface area contributed by atoms with E-state index >= 15 is 0 Å². The molecule has 8 nitrogen and oxygen atoms in total. The molecule has 0 fully saturated rings. The molecule has 0 atom stereocenters. The van der Waals surface area contributed by atoms with Gasteiger partial charge in [-0.15, -0.1) is 0 Å². The summed E-state index contributed by atoms with van der Waals surface area (Å²) in [5.41, 5.74) is 18.7. The fraction of sp³-hybridized carbons (Fsp3) is 0.176. The van der Waals surface area contributed by atoms with Crippen molar-refractivity contribution in [2.45, 2.75) is 17.9 Å². The van der Waals surface area contributed by atoms with Gasteiger partial charge in [-0.25, -0.2) is 13.4 Å². The summed E-state index contributed by atoms with van der Waals surface area (Å²) in [7, 11) is -3.58. The van der Waals surface area contributed by atoms with E-state index in [1.165, 1.54) is 22.0 Å². The molecule has 0 saturated heterocycles. The Kier molecular flexibility index (Phi) is 4.92. The van der Waals surface area contributed by atoms with Crippen LogP contribution in [0.15, 0.2) is 63.4 Å². The SMILES string of the molecule is NC(N)=NC(N)=Nc1ccc(S(=O)(=O)N2CCc3ccccc3C2)cc1. The highest BCUT2D eigenvalue weighted by Gasteiger charge is 2.28. The quantitative estimate of drug-likeness (QED) is 0.536. The molecule has 136 valence electrons. The second-order valence-corrected chi connectivity index (χ2v) is 7.80. The standard InChI is InChI=1S/C17H20N6O2S/c18-16(19)22-17(20)21-14-5-7-15(8-6-14)26(24,25)23-10-9-12-3-1-2-4-13(12)11-23/h1-8H,9-11H2,(H6,18,19,20,21,22). The van der Waals surface area contributed by atoms with Crippen LogP contribution in [-0.4, -0.2) is 31.2 Å². The molecule has 0 spiro atoms. The normalized spacial score (nSPS) is 15.3. The Morgan fingerprint density at radius 2 is 1.62 bits per heavy atom. The Labute approximate surface area is 152 Å². The van der Waals surface area contributed by atoms with E-state index in [4.69, 9.17) is 17.2 Å². The summed E-state index contributed by atoms with van der Waals surface area (Å²) in [4.78, 5) is 7.82. The summed E-state index contributed by atoms with van der Waals surface area (Å²) in [5, 5.41) is 0. The Morgan fingerprint density at radius 3 is 2.27 bits per heavy atom. The van der Waals surface area contributed by atoms with Crippen molar-refractivity contribution in [3.05, 3.63) is 59.7 Å². The Balaban J connectivity index is 1.81. The van der Waals surface area contributed by atoms with Gasteiger partial charge in [0.25, 0.3) is 0 Å². The number of nitrogens with zero attached hydrogens (tertiary/aromatic N) is 3. The third-order valence-corrected chi connectivity index (χ3v) is 5.92. The summed E-state index contributed by atoms with van der Waals surface area (Å²) in [5.74, 6) is -0.302. The molecule has 9 heteroatoms. The Hall–Kier alpha value is -2.91. The lowest BCUT2D eigenvalue weighted by Gasteiger charge is -2.28. The predicted octanol–water partition coefficient (Wildman–Crippen LogP) is 0.653. The fourth-order valence-corrected chi connectivity index (χ4v) is 4.23. The average molecular weight is 372 g/mol. The lowest BCUT2D eigenvalue weighted by atomic mass is 10.0. The molecule has 1 heterocycles. The van der Waals surface area contributed by atoms with Crippen molar-refractivity contribution in [3.8, 4) is 0 Å². The number of rotatable bonds is 3. The number of hydrogen-bond donors (Lipinski definition) is 3. The van der Waals surface area contributed by atoms with Gasteiger partial charge in [0, 0.05) is 13.1 Å². The van der Waals surface area contributed by atoms with E-state index in [0.29, 0.717) is 25.2 Å². The van der Waals surface area contributed by atoms with E-state index in [-0.39, 0.29) is 16.8 Å². The number of benzene rings is 2. The molecule has 0 radical (unpaired) electrons. The van der Waals surface area contributed by atoms with Gasteiger partial charge in [-0.05, 0) is 41.8 Å². The summed E-state index contributed by atoms with van der Waals surface area (Å²) in [6.07, 6.45) is 0.701. The van der Waals surface area contributed by atoms with Crippen LogP contribution in [0.3, 0.4) is 0 Å². The number of nitrogens with two attached hydrogens (primary N) is 3. The molecule has 0 saturated carbocycles. The van der Waals surface area contributed by atoms with Crippen molar-refractivity contribution < 1.29 is 8.42 Å². The third kappa shape index (κ3) is 3.84. The first-order valence-electron chi connectivity index (χ1n) is 7.97. The van der Waals surface area contributed by atoms with Gasteiger partial charge >= 0.3 is 0 Å². The van der Waals surface area contributed by atoms with Gasteiger partial charge in [0.15, 0.2) is 5.96 Å². The minimum Gasteiger partial charge on any atom is -0.370 e. The van der Waals surface area contributed by atoms with E-state index < -0.39 is 10.0 Å². The van der Waals surface area contributed by atoms with Gasteiger partial charge in [-0.1, -0.05) is 24.3 Å². The second kappa shape index (κ2) is 7.14. The van der Waals surface area contributed by atoms with Crippen molar-refractivity contribution in [2.75, 3.05) is 6.54 Å². The molecule has 0 aromatic heterocycles. The number of hydrogen-bond acceptors (Lipinski definition) is 3. The van der Waals surface area contributed by atoms with Crippen molar-refractivity contribution in [2.24, 2.45) is 27.2 Å². The summed E-state index contributed by atoms with van der Waals surface area (Å²) < 4.78 is 27.3. The lowest BCUT2D eigenvalue weighted by Crippen LogP contribution is -2.35. The largest absolute Gasteiger partial charge is 0.370 e. The van der Waals surface area contributed by atoms with Gasteiger partial charge in [0.2, 0.25) is 16.0 Å². The van der Waals surface area contributed by atoms with Crippen LogP contribution in [0, 0.1) is 0 Å². The summed E-state index contributed by atoms with van der Waals surface area (Å²) in [6.45, 7) is 0.826. The summed E-state index contributed by atoms with van der Waals surface area (Å²) in [6, 6.07) is 14.0. The number of sulfonamides is 1. The van der Waals surface area contributed by atoms with E-state index in [2.05, 4.69) is 9.98 Å². The Bertz CT molecular complexity index is 963. The minimum absolute atomic E-state index is 0.103. The molecule has 0 bridgehead atoms. The van der Waals surface area contributed by atoms with Crippen LogP contribution >= 0.6 is 0 Å². The highest BCUT2D eigenvalue weighted by atomic mass is 32.2. The van der Waals surface area contributed by atoms with Crippen molar-refractivity contribution in [1.29, 1.82) is 0 Å². The topological polar surface area (TPSA) is 140 Å². The highest BCUT2D eigenvalue weighted by Crippen LogP contribution is 2.26. The minimum atomic E-state index is -3.58. The molecule has 0 aliphatic carbocycles. The maximum absolute atomic E-state index is 12.9. The van der Waals surface area contributed by atoms with E-state index in [0.717, 1.165) is 5.56 Å². The van der Waals surface area contributed by atoms with Gasteiger partial charge in [-0.2, -0.15) is 9.30 Å². The fourth-order valence-electron chi connectivity index (χ4n) is 2.81. The summed E-state index contributed by atoms with van der Waals surface area (Å²) >= 11 is 0. The number of guanidine groups is 2. The second-order valence-electron chi connectivity index (χ2n) is 5.86. The number of fused-ring (bicyclic) bond motifs is 1. The van der Waals surface area contributed by atoms with Crippen molar-refractivity contribution in [1.82, 2.24) is 4.31 Å². The van der Waals surface area contributed by atoms with Crippen LogP contribution < -0.4 is 17.2 Å². The van der Waals surface area contributed by atoms with Crippen LogP contribution in [0.4, 0.5) is 5.69 Å². The molecule has 1 aliphatic heterocycles.